The summed E-state index contributed by atoms with van der Waals surface area (Å²) in [7, 11) is 0. The van der Waals surface area contributed by atoms with Crippen LogP contribution in [0.15, 0.2) is 48.5 Å². The van der Waals surface area contributed by atoms with E-state index in [2.05, 4.69) is 12.1 Å². The molecule has 2 aromatic rings. The van der Waals surface area contributed by atoms with Gasteiger partial charge in [-0.2, -0.15) is 0 Å². The van der Waals surface area contributed by atoms with E-state index in [-0.39, 0.29) is 17.7 Å². The highest BCUT2D eigenvalue weighted by molar-refractivity contribution is 5.44. The Hall–Kier alpha value is -2.00. The van der Waals surface area contributed by atoms with Crippen molar-refractivity contribution in [1.82, 2.24) is 0 Å². The van der Waals surface area contributed by atoms with Crippen LogP contribution in [0.2, 0.25) is 0 Å². The second kappa shape index (κ2) is 4.94. The van der Waals surface area contributed by atoms with Crippen LogP contribution in [-0.4, -0.2) is 17.8 Å². The van der Waals surface area contributed by atoms with Crippen molar-refractivity contribution in [3.63, 3.8) is 0 Å². The number of nitrogens with two attached hydrogens (primary N) is 1. The molecule has 2 unspecified atom stereocenters. The van der Waals surface area contributed by atoms with Crippen LogP contribution >= 0.6 is 0 Å². The summed E-state index contributed by atoms with van der Waals surface area (Å²) in [5, 5.41) is 9.66. The van der Waals surface area contributed by atoms with Gasteiger partial charge in [0.15, 0.2) is 0 Å². The van der Waals surface area contributed by atoms with Crippen LogP contribution in [0, 0.1) is 0 Å². The number of phenolic OH excluding ortho intramolecular Hbond substituents is 1. The van der Waals surface area contributed by atoms with Gasteiger partial charge in [-0.25, -0.2) is 0 Å². The summed E-state index contributed by atoms with van der Waals surface area (Å²) in [5.74, 6) is 1.27. The van der Waals surface area contributed by atoms with Crippen LogP contribution in [0.4, 0.5) is 0 Å². The van der Waals surface area contributed by atoms with E-state index in [9.17, 15) is 5.11 Å². The first-order chi connectivity index (χ1) is 9.24. The van der Waals surface area contributed by atoms with Gasteiger partial charge >= 0.3 is 0 Å². The van der Waals surface area contributed by atoms with Gasteiger partial charge in [-0.05, 0) is 30.2 Å². The number of fused-ring (bicyclic) bond motifs is 1. The number of phenols is 1. The van der Waals surface area contributed by atoms with Crippen LogP contribution in [-0.2, 0) is 6.42 Å². The van der Waals surface area contributed by atoms with E-state index in [4.69, 9.17) is 10.5 Å². The van der Waals surface area contributed by atoms with E-state index in [0.29, 0.717) is 6.61 Å². The van der Waals surface area contributed by atoms with Crippen LogP contribution in [0.3, 0.4) is 0 Å². The number of hydrogen-bond donors (Lipinski definition) is 2. The Balaban J connectivity index is 1.94. The van der Waals surface area contributed by atoms with Crippen molar-refractivity contribution in [2.45, 2.75) is 18.4 Å². The molecule has 0 fully saturated rings. The molecule has 2 atom stereocenters. The third-order valence-corrected chi connectivity index (χ3v) is 3.64. The first-order valence-electron chi connectivity index (χ1n) is 6.49. The van der Waals surface area contributed by atoms with Gasteiger partial charge in [0, 0.05) is 17.5 Å². The molecule has 3 N–H and O–H groups in total. The first-order valence-corrected chi connectivity index (χ1v) is 6.49. The van der Waals surface area contributed by atoms with Gasteiger partial charge in [-0.1, -0.05) is 30.3 Å². The molecule has 3 heteroatoms. The van der Waals surface area contributed by atoms with E-state index in [1.165, 1.54) is 5.56 Å². The SMILES string of the molecule is NC1COc2ccc(O)cc2C1Cc1ccccc1. The lowest BCUT2D eigenvalue weighted by atomic mass is 9.84. The molecule has 0 saturated carbocycles. The van der Waals surface area contributed by atoms with Gasteiger partial charge in [-0.3, -0.25) is 0 Å². The normalized spacial score (nSPS) is 21.5. The van der Waals surface area contributed by atoms with Crippen molar-refractivity contribution < 1.29 is 9.84 Å². The lowest BCUT2D eigenvalue weighted by molar-refractivity contribution is 0.237. The van der Waals surface area contributed by atoms with Crippen molar-refractivity contribution in [3.05, 3.63) is 59.7 Å². The molecule has 0 radical (unpaired) electrons. The summed E-state index contributed by atoms with van der Waals surface area (Å²) in [4.78, 5) is 0. The average molecular weight is 255 g/mol. The number of rotatable bonds is 2. The summed E-state index contributed by atoms with van der Waals surface area (Å²) in [6.45, 7) is 0.523. The quantitative estimate of drug-likeness (QED) is 0.866. The molecule has 3 nitrogen and oxygen atoms in total. The molecule has 0 bridgehead atoms. The lowest BCUT2D eigenvalue weighted by Gasteiger charge is -2.31. The van der Waals surface area contributed by atoms with Crippen molar-refractivity contribution >= 4 is 0 Å². The number of hydrogen-bond acceptors (Lipinski definition) is 3. The predicted octanol–water partition coefficient (Wildman–Crippen LogP) is 2.44. The molecule has 0 aromatic heterocycles. The maximum atomic E-state index is 9.66. The van der Waals surface area contributed by atoms with Gasteiger partial charge in [-0.15, -0.1) is 0 Å². The van der Waals surface area contributed by atoms with Crippen molar-refractivity contribution in [2.75, 3.05) is 6.61 Å². The molecule has 1 aliphatic rings. The Morgan fingerprint density at radius 3 is 2.74 bits per heavy atom. The number of aromatic hydroxyl groups is 1. The Labute approximate surface area is 112 Å². The molecule has 2 aromatic carbocycles. The van der Waals surface area contributed by atoms with E-state index < -0.39 is 0 Å². The number of benzene rings is 2. The van der Waals surface area contributed by atoms with E-state index in [0.717, 1.165) is 17.7 Å². The molecule has 0 spiro atoms. The summed E-state index contributed by atoms with van der Waals surface area (Å²) in [5.41, 5.74) is 8.44. The largest absolute Gasteiger partial charge is 0.508 e. The highest BCUT2D eigenvalue weighted by Gasteiger charge is 2.28. The zero-order valence-electron chi connectivity index (χ0n) is 10.6. The van der Waals surface area contributed by atoms with Crippen LogP contribution in [0.5, 0.6) is 11.5 Å². The van der Waals surface area contributed by atoms with Crippen molar-refractivity contribution in [2.24, 2.45) is 5.73 Å². The van der Waals surface area contributed by atoms with Crippen molar-refractivity contribution in [1.29, 1.82) is 0 Å². The predicted molar refractivity (Wildman–Crippen MR) is 74.5 cm³/mol. The first kappa shape index (κ1) is 12.1. The third-order valence-electron chi connectivity index (χ3n) is 3.64. The Morgan fingerprint density at radius 2 is 1.95 bits per heavy atom. The summed E-state index contributed by atoms with van der Waals surface area (Å²) < 4.78 is 5.62. The average Bonchev–Trinajstić information content (AvgIpc) is 2.43. The minimum Gasteiger partial charge on any atom is -0.508 e. The van der Waals surface area contributed by atoms with Gasteiger partial charge in [0.1, 0.15) is 18.1 Å². The third kappa shape index (κ3) is 2.42. The zero-order chi connectivity index (χ0) is 13.2. The van der Waals surface area contributed by atoms with E-state index in [1.807, 2.05) is 24.3 Å². The van der Waals surface area contributed by atoms with Gasteiger partial charge < -0.3 is 15.6 Å². The topological polar surface area (TPSA) is 55.5 Å². The lowest BCUT2D eigenvalue weighted by Crippen LogP contribution is -2.39. The fourth-order valence-electron chi connectivity index (χ4n) is 2.62. The molecule has 0 aliphatic carbocycles. The fourth-order valence-corrected chi connectivity index (χ4v) is 2.62. The monoisotopic (exact) mass is 255 g/mol. The highest BCUT2D eigenvalue weighted by atomic mass is 16.5. The molecule has 19 heavy (non-hydrogen) atoms. The molecule has 3 rings (SSSR count). The molecular formula is C16H17NO2. The molecule has 0 saturated heterocycles. The molecule has 98 valence electrons. The molecule has 1 aliphatic heterocycles. The Morgan fingerprint density at radius 1 is 1.16 bits per heavy atom. The summed E-state index contributed by atoms with van der Waals surface area (Å²) >= 11 is 0. The number of ether oxygens (including phenoxy) is 1. The van der Waals surface area contributed by atoms with Crippen LogP contribution < -0.4 is 10.5 Å². The van der Waals surface area contributed by atoms with Crippen LogP contribution in [0.25, 0.3) is 0 Å². The standard InChI is InChI=1S/C16H17NO2/c17-15-10-19-16-7-6-12(18)9-14(16)13(15)8-11-4-2-1-3-5-11/h1-7,9,13,15,18H,8,10,17H2. The zero-order valence-corrected chi connectivity index (χ0v) is 10.6. The smallest absolute Gasteiger partial charge is 0.123 e. The highest BCUT2D eigenvalue weighted by Crippen LogP contribution is 2.37. The van der Waals surface area contributed by atoms with Gasteiger partial charge in [0.05, 0.1) is 0 Å². The van der Waals surface area contributed by atoms with E-state index >= 15 is 0 Å². The van der Waals surface area contributed by atoms with Crippen molar-refractivity contribution in [3.8, 4) is 11.5 Å². The Bertz CT molecular complexity index is 568. The van der Waals surface area contributed by atoms with Crippen LogP contribution in [0.1, 0.15) is 17.0 Å². The Kier molecular flexibility index (Phi) is 3.13. The second-order valence-corrected chi connectivity index (χ2v) is 4.99. The maximum Gasteiger partial charge on any atom is 0.123 e. The summed E-state index contributed by atoms with van der Waals surface area (Å²) in [6.07, 6.45) is 0.863. The molecule has 1 heterocycles. The fraction of sp³-hybridized carbons (Fsp3) is 0.250. The van der Waals surface area contributed by atoms with E-state index in [1.54, 1.807) is 12.1 Å². The summed E-state index contributed by atoms with van der Waals surface area (Å²) in [6, 6.07) is 15.5. The van der Waals surface area contributed by atoms with Gasteiger partial charge in [0.2, 0.25) is 0 Å². The minimum atomic E-state index is -0.0468. The molecular weight excluding hydrogens is 238 g/mol. The minimum absolute atomic E-state index is 0.0468. The molecule has 0 amide bonds. The second-order valence-electron chi connectivity index (χ2n) is 4.99. The maximum absolute atomic E-state index is 9.66. The van der Waals surface area contributed by atoms with Gasteiger partial charge in [0.25, 0.3) is 0 Å².